The van der Waals surface area contributed by atoms with Gasteiger partial charge < -0.3 is 4.74 Å². The molecule has 1 aliphatic rings. The molecule has 1 aromatic carbocycles. The second kappa shape index (κ2) is 7.10. The zero-order valence-electron chi connectivity index (χ0n) is 11.4. The molecule has 3 heteroatoms. The molecule has 1 unspecified atom stereocenters. The molecule has 0 aliphatic carbocycles. The first-order valence-electron chi connectivity index (χ1n) is 6.90. The zero-order chi connectivity index (χ0) is 13.5. The predicted octanol–water partition coefficient (Wildman–Crippen LogP) is 2.60. The molecule has 3 nitrogen and oxygen atoms in total. The summed E-state index contributed by atoms with van der Waals surface area (Å²) in [4.78, 5) is 13.5. The molecule has 0 N–H and O–H groups in total. The third-order valence-corrected chi connectivity index (χ3v) is 3.45. The maximum atomic E-state index is 11.2. The van der Waals surface area contributed by atoms with Crippen LogP contribution in [0.5, 0.6) is 0 Å². The van der Waals surface area contributed by atoms with Crippen LogP contribution in [0.3, 0.4) is 0 Å². The Hall–Kier alpha value is -1.61. The van der Waals surface area contributed by atoms with Crippen molar-refractivity contribution in [2.24, 2.45) is 0 Å². The van der Waals surface area contributed by atoms with Crippen LogP contribution >= 0.6 is 0 Å². The van der Waals surface area contributed by atoms with Crippen LogP contribution in [0.4, 0.5) is 0 Å². The lowest BCUT2D eigenvalue weighted by Crippen LogP contribution is -2.20. The molecule has 0 spiro atoms. The van der Waals surface area contributed by atoms with Gasteiger partial charge >= 0.3 is 5.97 Å². The molecule has 0 radical (unpaired) electrons. The van der Waals surface area contributed by atoms with Crippen molar-refractivity contribution in [3.05, 3.63) is 48.0 Å². The van der Waals surface area contributed by atoms with Gasteiger partial charge in [0.15, 0.2) is 0 Å². The van der Waals surface area contributed by atoms with Crippen LogP contribution in [0.2, 0.25) is 0 Å². The summed E-state index contributed by atoms with van der Waals surface area (Å²) >= 11 is 0. The summed E-state index contributed by atoms with van der Waals surface area (Å²) in [6.45, 7) is 5.23. The maximum absolute atomic E-state index is 11.2. The lowest BCUT2D eigenvalue weighted by molar-refractivity contribution is -0.137. The summed E-state index contributed by atoms with van der Waals surface area (Å²) in [6, 6.07) is 10.6. The largest absolute Gasteiger partial charge is 0.463 e. The molecule has 19 heavy (non-hydrogen) atoms. The van der Waals surface area contributed by atoms with Crippen molar-refractivity contribution in [1.29, 1.82) is 0 Å². The number of likely N-dealkylation sites (tertiary alicyclic amines) is 1. The molecule has 0 bridgehead atoms. The van der Waals surface area contributed by atoms with E-state index in [1.807, 2.05) is 13.0 Å². The van der Waals surface area contributed by atoms with E-state index in [-0.39, 0.29) is 5.97 Å². The van der Waals surface area contributed by atoms with E-state index in [0.717, 1.165) is 19.6 Å². The van der Waals surface area contributed by atoms with Crippen molar-refractivity contribution < 1.29 is 9.53 Å². The van der Waals surface area contributed by atoms with E-state index in [4.69, 9.17) is 4.74 Å². The second-order valence-electron chi connectivity index (χ2n) is 4.81. The number of nitrogens with zero attached hydrogens (tertiary/aromatic N) is 1. The van der Waals surface area contributed by atoms with Gasteiger partial charge in [0, 0.05) is 19.2 Å². The molecular formula is C16H21NO2. The summed E-state index contributed by atoms with van der Waals surface area (Å²) < 4.78 is 4.85. The molecule has 1 aromatic rings. The summed E-state index contributed by atoms with van der Waals surface area (Å²) in [7, 11) is 0. The van der Waals surface area contributed by atoms with E-state index < -0.39 is 0 Å². The molecule has 1 atom stereocenters. The normalized spacial score (nSPS) is 19.9. The number of hydrogen-bond acceptors (Lipinski definition) is 3. The average molecular weight is 259 g/mol. The van der Waals surface area contributed by atoms with Crippen molar-refractivity contribution in [1.82, 2.24) is 4.90 Å². The maximum Gasteiger partial charge on any atom is 0.330 e. The molecule has 1 aliphatic heterocycles. The molecule has 1 fully saturated rings. The van der Waals surface area contributed by atoms with Crippen molar-refractivity contribution >= 4 is 5.97 Å². The van der Waals surface area contributed by atoms with Gasteiger partial charge in [0.2, 0.25) is 0 Å². The smallest absolute Gasteiger partial charge is 0.330 e. The molecule has 0 amide bonds. The predicted molar refractivity (Wildman–Crippen MR) is 76.0 cm³/mol. The highest BCUT2D eigenvalue weighted by molar-refractivity contribution is 5.81. The summed E-state index contributed by atoms with van der Waals surface area (Å²) in [5.41, 5.74) is 1.42. The quantitative estimate of drug-likeness (QED) is 0.601. The van der Waals surface area contributed by atoms with E-state index in [1.54, 1.807) is 0 Å². The first kappa shape index (κ1) is 13.8. The second-order valence-corrected chi connectivity index (χ2v) is 4.81. The Morgan fingerprint density at radius 2 is 2.21 bits per heavy atom. The Labute approximate surface area is 114 Å². The van der Waals surface area contributed by atoms with Gasteiger partial charge in [0.05, 0.1) is 6.61 Å². The Bertz CT molecular complexity index is 428. The van der Waals surface area contributed by atoms with E-state index in [0.29, 0.717) is 12.5 Å². The van der Waals surface area contributed by atoms with Crippen LogP contribution in [0.25, 0.3) is 0 Å². The fourth-order valence-corrected chi connectivity index (χ4v) is 2.48. The fourth-order valence-electron chi connectivity index (χ4n) is 2.48. The number of benzene rings is 1. The SMILES string of the molecule is CCOC(=O)/C=C/CN1CCC(c2ccccc2)C1. The Balaban J connectivity index is 1.78. The highest BCUT2D eigenvalue weighted by Gasteiger charge is 2.22. The molecular weight excluding hydrogens is 238 g/mol. The van der Waals surface area contributed by atoms with Crippen molar-refractivity contribution in [3.63, 3.8) is 0 Å². The van der Waals surface area contributed by atoms with Gasteiger partial charge in [0.25, 0.3) is 0 Å². The van der Waals surface area contributed by atoms with Gasteiger partial charge in [-0.3, -0.25) is 4.90 Å². The lowest BCUT2D eigenvalue weighted by atomic mass is 9.99. The van der Waals surface area contributed by atoms with Crippen LogP contribution in [0, 0.1) is 0 Å². The van der Waals surface area contributed by atoms with Crippen LogP contribution in [0.1, 0.15) is 24.8 Å². The third-order valence-electron chi connectivity index (χ3n) is 3.45. The minimum Gasteiger partial charge on any atom is -0.463 e. The Morgan fingerprint density at radius 3 is 2.95 bits per heavy atom. The van der Waals surface area contributed by atoms with Crippen LogP contribution in [-0.4, -0.2) is 37.1 Å². The van der Waals surface area contributed by atoms with E-state index >= 15 is 0 Å². The van der Waals surface area contributed by atoms with Crippen molar-refractivity contribution in [2.75, 3.05) is 26.2 Å². The number of rotatable bonds is 5. The van der Waals surface area contributed by atoms with Crippen LogP contribution in [-0.2, 0) is 9.53 Å². The Kier molecular flexibility index (Phi) is 5.16. The van der Waals surface area contributed by atoms with Gasteiger partial charge in [0.1, 0.15) is 0 Å². The molecule has 1 heterocycles. The van der Waals surface area contributed by atoms with Gasteiger partial charge in [-0.25, -0.2) is 4.79 Å². The number of carbonyl (C=O) groups is 1. The first-order valence-corrected chi connectivity index (χ1v) is 6.90. The summed E-state index contributed by atoms with van der Waals surface area (Å²) in [5.74, 6) is 0.374. The van der Waals surface area contributed by atoms with Crippen molar-refractivity contribution in [2.45, 2.75) is 19.3 Å². The highest BCUT2D eigenvalue weighted by Crippen LogP contribution is 2.26. The number of hydrogen-bond donors (Lipinski definition) is 0. The minimum atomic E-state index is -0.249. The topological polar surface area (TPSA) is 29.5 Å². The molecule has 102 valence electrons. The zero-order valence-corrected chi connectivity index (χ0v) is 11.4. The van der Waals surface area contributed by atoms with Gasteiger partial charge in [-0.2, -0.15) is 0 Å². The standard InChI is InChI=1S/C16H21NO2/c1-2-19-16(18)9-6-11-17-12-10-15(13-17)14-7-4-3-5-8-14/h3-9,15H,2,10-13H2,1H3/b9-6+. The summed E-state index contributed by atoms with van der Waals surface area (Å²) in [6.07, 6.45) is 4.61. The Morgan fingerprint density at radius 1 is 1.42 bits per heavy atom. The highest BCUT2D eigenvalue weighted by atomic mass is 16.5. The van der Waals surface area contributed by atoms with E-state index in [1.165, 1.54) is 18.1 Å². The number of esters is 1. The third kappa shape index (κ3) is 4.21. The van der Waals surface area contributed by atoms with Crippen LogP contribution < -0.4 is 0 Å². The first-order chi connectivity index (χ1) is 9.29. The number of carbonyl (C=O) groups excluding carboxylic acids is 1. The van der Waals surface area contributed by atoms with Crippen molar-refractivity contribution in [3.8, 4) is 0 Å². The average Bonchev–Trinajstić information content (AvgIpc) is 2.89. The summed E-state index contributed by atoms with van der Waals surface area (Å²) in [5, 5.41) is 0. The number of ether oxygens (including phenoxy) is 1. The molecule has 2 rings (SSSR count). The monoisotopic (exact) mass is 259 g/mol. The minimum absolute atomic E-state index is 0.249. The molecule has 1 saturated heterocycles. The van der Waals surface area contributed by atoms with Gasteiger partial charge in [-0.15, -0.1) is 0 Å². The molecule has 0 saturated carbocycles. The molecule has 0 aromatic heterocycles. The lowest BCUT2D eigenvalue weighted by Gasteiger charge is -2.13. The van der Waals surface area contributed by atoms with Crippen LogP contribution in [0.15, 0.2) is 42.5 Å². The van der Waals surface area contributed by atoms with E-state index in [9.17, 15) is 4.79 Å². The van der Waals surface area contributed by atoms with Gasteiger partial charge in [-0.05, 0) is 31.4 Å². The fraction of sp³-hybridized carbons (Fsp3) is 0.438. The van der Waals surface area contributed by atoms with Gasteiger partial charge in [-0.1, -0.05) is 36.4 Å². The van der Waals surface area contributed by atoms with E-state index in [2.05, 4.69) is 35.2 Å².